The van der Waals surface area contributed by atoms with Crippen molar-refractivity contribution in [2.75, 3.05) is 0 Å². The molecule has 0 aliphatic heterocycles. The van der Waals surface area contributed by atoms with E-state index in [-0.39, 0.29) is 0 Å². The normalized spacial score (nSPS) is 11.2. The Bertz CT molecular complexity index is 677. The molecule has 1 N–H and O–H groups in total. The van der Waals surface area contributed by atoms with Gasteiger partial charge < -0.3 is 4.98 Å². The van der Waals surface area contributed by atoms with Crippen molar-refractivity contribution in [3.8, 4) is 0 Å². The molecule has 3 aromatic rings. The molecule has 0 atom stereocenters. The molecule has 0 radical (unpaired) electrons. The van der Waals surface area contributed by atoms with E-state index in [1.165, 1.54) is 11.8 Å². The van der Waals surface area contributed by atoms with Gasteiger partial charge >= 0.3 is 0 Å². The average molecular weight is 281 g/mol. The van der Waals surface area contributed by atoms with Crippen LogP contribution in [0.1, 0.15) is 5.82 Å². The first-order chi connectivity index (χ1) is 8.74. The molecule has 0 unspecified atom stereocenters. The highest BCUT2D eigenvalue weighted by Crippen LogP contribution is 2.22. The maximum atomic E-state index is 6.10. The molecular weight excluding hydrogens is 272 g/mol. The van der Waals surface area contributed by atoms with Gasteiger partial charge in [-0.05, 0) is 0 Å². The first-order valence-electron chi connectivity index (χ1n) is 5.20. The molecule has 8 heteroatoms. The second kappa shape index (κ2) is 4.58. The Balaban J connectivity index is 1.90. The average Bonchev–Trinajstić information content (AvgIpc) is 2.98. The monoisotopic (exact) mass is 280 g/mol. The SMILES string of the molecule is Cn1ncc2c(Cl)nc(CSc3ncc[nH]3)nc21. The molecule has 0 bridgehead atoms. The summed E-state index contributed by atoms with van der Waals surface area (Å²) in [5.41, 5.74) is 0.741. The van der Waals surface area contributed by atoms with Gasteiger partial charge in [0.1, 0.15) is 11.0 Å². The van der Waals surface area contributed by atoms with Gasteiger partial charge in [-0.15, -0.1) is 0 Å². The molecule has 0 saturated heterocycles. The minimum Gasteiger partial charge on any atom is -0.340 e. The number of nitrogens with one attached hydrogen (secondary N) is 1. The van der Waals surface area contributed by atoms with E-state index in [2.05, 4.69) is 25.0 Å². The first-order valence-corrected chi connectivity index (χ1v) is 6.56. The van der Waals surface area contributed by atoms with Crippen LogP contribution in [0.25, 0.3) is 11.0 Å². The molecule has 0 amide bonds. The number of nitrogens with zero attached hydrogens (tertiary/aromatic N) is 5. The number of imidazole rings is 1. The minimum absolute atomic E-state index is 0.433. The lowest BCUT2D eigenvalue weighted by Crippen LogP contribution is -1.98. The minimum atomic E-state index is 0.433. The molecule has 3 aromatic heterocycles. The number of aromatic nitrogens is 6. The molecule has 92 valence electrons. The zero-order valence-electron chi connectivity index (χ0n) is 9.46. The Morgan fingerprint density at radius 1 is 1.44 bits per heavy atom. The Labute approximate surface area is 112 Å². The number of hydrogen-bond donors (Lipinski definition) is 1. The molecule has 3 rings (SSSR count). The van der Waals surface area contributed by atoms with E-state index in [1.807, 2.05) is 7.05 Å². The van der Waals surface area contributed by atoms with Gasteiger partial charge in [0.25, 0.3) is 0 Å². The maximum absolute atomic E-state index is 6.10. The van der Waals surface area contributed by atoms with Crippen molar-refractivity contribution in [2.45, 2.75) is 10.9 Å². The summed E-state index contributed by atoms with van der Waals surface area (Å²) in [5, 5.41) is 6.15. The fraction of sp³-hybridized carbons (Fsp3) is 0.200. The molecule has 0 fully saturated rings. The van der Waals surface area contributed by atoms with Crippen LogP contribution in [0.15, 0.2) is 23.7 Å². The van der Waals surface area contributed by atoms with Crippen LogP contribution >= 0.6 is 23.4 Å². The fourth-order valence-electron chi connectivity index (χ4n) is 1.56. The summed E-state index contributed by atoms with van der Waals surface area (Å²) in [6.07, 6.45) is 5.15. The van der Waals surface area contributed by atoms with Gasteiger partial charge in [0.2, 0.25) is 0 Å². The van der Waals surface area contributed by atoms with Crippen molar-refractivity contribution >= 4 is 34.4 Å². The molecule has 0 aliphatic carbocycles. The standard InChI is InChI=1S/C10H9ClN6S/c1-17-9-6(4-14-17)8(11)15-7(16-9)5-18-10-12-2-3-13-10/h2-4H,5H2,1H3,(H,12,13). The smallest absolute Gasteiger partial charge is 0.165 e. The largest absolute Gasteiger partial charge is 0.340 e. The zero-order valence-corrected chi connectivity index (χ0v) is 11.0. The van der Waals surface area contributed by atoms with Crippen molar-refractivity contribution in [3.05, 3.63) is 29.6 Å². The second-order valence-electron chi connectivity index (χ2n) is 3.62. The van der Waals surface area contributed by atoms with E-state index in [9.17, 15) is 0 Å². The topological polar surface area (TPSA) is 72.3 Å². The predicted octanol–water partition coefficient (Wildman–Crippen LogP) is 2.03. The van der Waals surface area contributed by atoms with Crippen LogP contribution in [0.2, 0.25) is 5.15 Å². The van der Waals surface area contributed by atoms with Crippen LogP contribution < -0.4 is 0 Å². The molecule has 0 saturated carbocycles. The lowest BCUT2D eigenvalue weighted by molar-refractivity contribution is 0.782. The highest BCUT2D eigenvalue weighted by Gasteiger charge is 2.10. The first kappa shape index (κ1) is 11.5. The summed E-state index contributed by atoms with van der Waals surface area (Å²) in [6.45, 7) is 0. The van der Waals surface area contributed by atoms with Crippen molar-refractivity contribution in [2.24, 2.45) is 7.05 Å². The number of fused-ring (bicyclic) bond motifs is 1. The molecule has 0 aliphatic rings. The Hall–Kier alpha value is -1.60. The van der Waals surface area contributed by atoms with E-state index in [1.54, 1.807) is 23.3 Å². The van der Waals surface area contributed by atoms with Crippen LogP contribution in [0.4, 0.5) is 0 Å². The molecule has 3 heterocycles. The van der Waals surface area contributed by atoms with Crippen molar-refractivity contribution in [3.63, 3.8) is 0 Å². The maximum Gasteiger partial charge on any atom is 0.165 e. The van der Waals surface area contributed by atoms with Crippen LogP contribution in [-0.2, 0) is 12.8 Å². The van der Waals surface area contributed by atoms with E-state index in [4.69, 9.17) is 11.6 Å². The van der Waals surface area contributed by atoms with E-state index in [0.717, 1.165) is 16.2 Å². The molecule has 0 aromatic carbocycles. The third-order valence-electron chi connectivity index (χ3n) is 2.40. The van der Waals surface area contributed by atoms with Crippen molar-refractivity contribution in [1.29, 1.82) is 0 Å². The van der Waals surface area contributed by atoms with Crippen molar-refractivity contribution in [1.82, 2.24) is 29.7 Å². The van der Waals surface area contributed by atoms with Gasteiger partial charge in [-0.1, -0.05) is 23.4 Å². The summed E-state index contributed by atoms with van der Waals surface area (Å²) >= 11 is 7.62. The predicted molar refractivity (Wildman–Crippen MR) is 69.5 cm³/mol. The number of aromatic amines is 1. The van der Waals surface area contributed by atoms with Gasteiger partial charge in [-0.2, -0.15) is 5.10 Å². The Morgan fingerprint density at radius 3 is 3.11 bits per heavy atom. The van der Waals surface area contributed by atoms with E-state index >= 15 is 0 Å². The Morgan fingerprint density at radius 2 is 2.33 bits per heavy atom. The summed E-state index contributed by atoms with van der Waals surface area (Å²) in [6, 6.07) is 0. The highest BCUT2D eigenvalue weighted by atomic mass is 35.5. The summed E-state index contributed by atoms with van der Waals surface area (Å²) < 4.78 is 1.68. The van der Waals surface area contributed by atoms with Gasteiger partial charge in [0, 0.05) is 19.4 Å². The van der Waals surface area contributed by atoms with E-state index < -0.39 is 0 Å². The van der Waals surface area contributed by atoms with Crippen LogP contribution in [0.5, 0.6) is 0 Å². The third kappa shape index (κ3) is 2.06. The van der Waals surface area contributed by atoms with Gasteiger partial charge in [-0.3, -0.25) is 4.68 Å². The summed E-state index contributed by atoms with van der Waals surface area (Å²) in [7, 11) is 1.83. The van der Waals surface area contributed by atoms with Gasteiger partial charge in [0.15, 0.2) is 10.8 Å². The van der Waals surface area contributed by atoms with Crippen molar-refractivity contribution < 1.29 is 0 Å². The lowest BCUT2D eigenvalue weighted by atomic mass is 10.4. The lowest BCUT2D eigenvalue weighted by Gasteiger charge is -2.01. The van der Waals surface area contributed by atoms with Gasteiger partial charge in [0.05, 0.1) is 17.3 Å². The third-order valence-corrected chi connectivity index (χ3v) is 3.59. The number of H-pyrrole nitrogens is 1. The van der Waals surface area contributed by atoms with Crippen LogP contribution in [0, 0.1) is 0 Å². The number of thioether (sulfide) groups is 1. The number of halogens is 1. The quantitative estimate of drug-likeness (QED) is 0.587. The molecule has 6 nitrogen and oxygen atoms in total. The molecule has 0 spiro atoms. The number of rotatable bonds is 3. The number of aryl methyl sites for hydroxylation is 1. The van der Waals surface area contributed by atoms with Crippen LogP contribution in [-0.4, -0.2) is 29.7 Å². The van der Waals surface area contributed by atoms with E-state index in [0.29, 0.717) is 16.7 Å². The number of hydrogen-bond acceptors (Lipinski definition) is 5. The molecular formula is C10H9ClN6S. The Kier molecular flexibility index (Phi) is 2.92. The molecule has 18 heavy (non-hydrogen) atoms. The second-order valence-corrected chi connectivity index (χ2v) is 4.94. The highest BCUT2D eigenvalue weighted by molar-refractivity contribution is 7.98. The fourth-order valence-corrected chi connectivity index (χ4v) is 2.47. The van der Waals surface area contributed by atoms with Gasteiger partial charge in [-0.25, -0.2) is 15.0 Å². The zero-order chi connectivity index (χ0) is 12.5. The van der Waals surface area contributed by atoms with Crippen LogP contribution in [0.3, 0.4) is 0 Å². The summed E-state index contributed by atoms with van der Waals surface area (Å²) in [5.74, 6) is 1.27. The summed E-state index contributed by atoms with van der Waals surface area (Å²) in [4.78, 5) is 15.8.